The van der Waals surface area contributed by atoms with Crippen LogP contribution in [-0.2, 0) is 4.79 Å². The van der Waals surface area contributed by atoms with Crippen molar-refractivity contribution in [2.75, 3.05) is 10.6 Å². The molecule has 9 nitrogen and oxygen atoms in total. The number of fused-ring (bicyclic) bond motifs is 1. The van der Waals surface area contributed by atoms with Gasteiger partial charge in [0.2, 0.25) is 5.91 Å². The van der Waals surface area contributed by atoms with Gasteiger partial charge in [-0.25, -0.2) is 0 Å². The summed E-state index contributed by atoms with van der Waals surface area (Å²) >= 11 is 0.802. The van der Waals surface area contributed by atoms with Gasteiger partial charge in [-0.1, -0.05) is 43.5 Å². The van der Waals surface area contributed by atoms with Gasteiger partial charge in [-0.2, -0.15) is 4.37 Å². The Balaban J connectivity index is 1.69. The maximum atomic E-state index is 14.3. The number of rotatable bonds is 7. The van der Waals surface area contributed by atoms with Crippen LogP contribution in [0, 0.1) is 13.8 Å². The van der Waals surface area contributed by atoms with Crippen molar-refractivity contribution in [1.82, 2.24) is 14.7 Å². The van der Waals surface area contributed by atoms with Crippen LogP contribution in [0.1, 0.15) is 75.0 Å². The van der Waals surface area contributed by atoms with Crippen molar-refractivity contribution >= 4 is 51.5 Å². The van der Waals surface area contributed by atoms with Crippen molar-refractivity contribution in [3.63, 3.8) is 0 Å². The highest BCUT2D eigenvalue weighted by atomic mass is 32.1. The fourth-order valence-electron chi connectivity index (χ4n) is 5.24. The minimum atomic E-state index is -1.02. The van der Waals surface area contributed by atoms with Crippen LogP contribution in [0.15, 0.2) is 48.7 Å². The van der Waals surface area contributed by atoms with Crippen LogP contribution in [0.25, 0.3) is 10.9 Å². The molecule has 10 heteroatoms. The number of aryl methyl sites for hydroxylation is 2. The molecule has 1 atom stereocenters. The van der Waals surface area contributed by atoms with E-state index in [0.29, 0.717) is 11.3 Å². The van der Waals surface area contributed by atoms with E-state index in [4.69, 9.17) is 11.5 Å². The van der Waals surface area contributed by atoms with Gasteiger partial charge in [-0.15, -0.1) is 0 Å². The summed E-state index contributed by atoms with van der Waals surface area (Å²) in [6, 6.07) is 12.3. The normalized spacial score (nSPS) is 14.7. The van der Waals surface area contributed by atoms with Crippen molar-refractivity contribution < 1.29 is 14.4 Å². The fourth-order valence-corrected chi connectivity index (χ4v) is 5.98. The average Bonchev–Trinajstić information content (AvgIpc) is 3.53. The fraction of sp³-hybridized carbons (Fsp3) is 0.310. The summed E-state index contributed by atoms with van der Waals surface area (Å²) in [5, 5.41) is 4.06. The predicted molar refractivity (Wildman–Crippen MR) is 154 cm³/mol. The molecule has 1 aliphatic carbocycles. The molecule has 4 aromatic rings. The molecule has 2 heterocycles. The zero-order valence-electron chi connectivity index (χ0n) is 22.0. The lowest BCUT2D eigenvalue weighted by Gasteiger charge is -2.33. The molecule has 6 N–H and O–H groups in total. The first-order valence-electron chi connectivity index (χ1n) is 13.1. The number of hydrogen-bond donors (Lipinski definition) is 4. The van der Waals surface area contributed by atoms with Gasteiger partial charge in [0.15, 0.2) is 5.69 Å². The van der Waals surface area contributed by atoms with E-state index in [1.807, 2.05) is 56.3 Å². The monoisotopic (exact) mass is 544 g/mol. The Morgan fingerprint density at radius 2 is 1.82 bits per heavy atom. The summed E-state index contributed by atoms with van der Waals surface area (Å²) in [6.07, 6.45) is 6.83. The van der Waals surface area contributed by atoms with E-state index < -0.39 is 17.9 Å². The lowest BCUT2D eigenvalue weighted by Crippen LogP contribution is -2.47. The third-order valence-electron chi connectivity index (χ3n) is 7.52. The molecular formula is C29H32N6O3S. The van der Waals surface area contributed by atoms with E-state index in [-0.39, 0.29) is 28.2 Å². The molecule has 0 aliphatic heterocycles. The van der Waals surface area contributed by atoms with Crippen LogP contribution in [0.3, 0.4) is 0 Å². The molecule has 0 spiro atoms. The summed E-state index contributed by atoms with van der Waals surface area (Å²) in [6.45, 7) is 3.94. The van der Waals surface area contributed by atoms with Crippen LogP contribution < -0.4 is 21.7 Å². The molecule has 0 radical (unpaired) electrons. The smallest absolute Gasteiger partial charge is 0.273 e. The first kappa shape index (κ1) is 26.4. The summed E-state index contributed by atoms with van der Waals surface area (Å²) in [7, 11) is 0. The molecule has 5 rings (SSSR count). The van der Waals surface area contributed by atoms with Crippen molar-refractivity contribution in [1.29, 1.82) is 0 Å². The Hall–Kier alpha value is -4.18. The number of primary amides is 1. The molecule has 3 amide bonds. The minimum Gasteiger partial charge on any atom is -0.395 e. The number of para-hydroxylation sites is 1. The van der Waals surface area contributed by atoms with Gasteiger partial charge >= 0.3 is 0 Å². The van der Waals surface area contributed by atoms with Crippen molar-refractivity contribution in [3.8, 4) is 0 Å². The number of amides is 3. The highest BCUT2D eigenvalue weighted by Crippen LogP contribution is 2.37. The number of nitrogens with zero attached hydrogens (tertiary/aromatic N) is 2. The Bertz CT molecular complexity index is 1550. The van der Waals surface area contributed by atoms with Crippen LogP contribution >= 0.6 is 11.5 Å². The molecule has 2 aromatic carbocycles. The summed E-state index contributed by atoms with van der Waals surface area (Å²) in [4.78, 5) is 45.2. The van der Waals surface area contributed by atoms with Crippen LogP contribution in [0.5, 0.6) is 0 Å². The highest BCUT2D eigenvalue weighted by molar-refractivity contribution is 7.09. The van der Waals surface area contributed by atoms with E-state index in [1.54, 1.807) is 6.20 Å². The molecule has 0 bridgehead atoms. The number of anilines is 2. The van der Waals surface area contributed by atoms with Gasteiger partial charge in [0.05, 0.1) is 5.69 Å². The number of nitrogens with one attached hydrogen (secondary N) is 2. The Morgan fingerprint density at radius 3 is 2.51 bits per heavy atom. The predicted octanol–water partition coefficient (Wildman–Crippen LogP) is 4.76. The zero-order chi connectivity index (χ0) is 27.7. The molecule has 1 aliphatic rings. The lowest BCUT2D eigenvalue weighted by molar-refractivity contribution is -0.123. The maximum Gasteiger partial charge on any atom is 0.273 e. The zero-order valence-corrected chi connectivity index (χ0v) is 22.8. The van der Waals surface area contributed by atoms with Gasteiger partial charge < -0.3 is 21.8 Å². The quantitative estimate of drug-likeness (QED) is 0.265. The topological polar surface area (TPSA) is 147 Å². The highest BCUT2D eigenvalue weighted by Gasteiger charge is 2.38. The second-order valence-corrected chi connectivity index (χ2v) is 10.9. The van der Waals surface area contributed by atoms with Crippen molar-refractivity contribution in [3.05, 3.63) is 75.9 Å². The van der Waals surface area contributed by atoms with Crippen LogP contribution in [0.4, 0.5) is 11.4 Å². The number of benzene rings is 2. The Morgan fingerprint density at radius 1 is 1.08 bits per heavy atom. The first-order chi connectivity index (χ1) is 18.8. The summed E-state index contributed by atoms with van der Waals surface area (Å²) in [5.74, 6) is -1.63. The molecule has 0 unspecified atom stereocenters. The van der Waals surface area contributed by atoms with Gasteiger partial charge in [0.25, 0.3) is 11.8 Å². The van der Waals surface area contributed by atoms with E-state index in [1.165, 1.54) is 4.90 Å². The number of nitrogens with two attached hydrogens (primary N) is 2. The molecule has 1 fully saturated rings. The van der Waals surface area contributed by atoms with E-state index in [2.05, 4.69) is 14.7 Å². The number of carbonyl (C=O) groups excluding carboxylic acids is 3. The number of aromatic amines is 1. The van der Waals surface area contributed by atoms with Crippen LogP contribution in [-0.4, -0.2) is 33.1 Å². The number of hydrogen-bond acceptors (Lipinski definition) is 6. The van der Waals surface area contributed by atoms with Gasteiger partial charge in [0, 0.05) is 34.4 Å². The number of nitrogen functional groups attached to an aromatic ring is 1. The largest absolute Gasteiger partial charge is 0.395 e. The molecule has 202 valence electrons. The number of aromatic nitrogens is 2. The van der Waals surface area contributed by atoms with Crippen LogP contribution in [0.2, 0.25) is 0 Å². The Labute approximate surface area is 230 Å². The molecule has 0 saturated heterocycles. The summed E-state index contributed by atoms with van der Waals surface area (Å²) < 4.78 is 4.04. The third kappa shape index (κ3) is 5.12. The third-order valence-corrected chi connectivity index (χ3v) is 8.37. The van der Waals surface area contributed by atoms with E-state index in [9.17, 15) is 14.4 Å². The molecular weight excluding hydrogens is 512 g/mol. The second-order valence-electron chi connectivity index (χ2n) is 10.1. The van der Waals surface area contributed by atoms with E-state index >= 15 is 0 Å². The second kappa shape index (κ2) is 10.9. The number of carbonyl (C=O) groups is 3. The van der Waals surface area contributed by atoms with E-state index in [0.717, 1.165) is 65.7 Å². The standard InChI is InChI=1S/C29H32N6O3S/c1-16-12-13-19(14-17(16)2)35(29(38)26-23(30)24(27(31)36)34-39-26)25(28(37)33-18-8-4-3-5-9-18)21-15-32-22-11-7-6-10-20(21)22/h6-7,10-15,18,25,32H,3-5,8-9,30H2,1-2H3,(H2,31,36)(H,33,37)/t25-/m1/s1. The van der Waals surface area contributed by atoms with Gasteiger partial charge in [-0.05, 0) is 67.5 Å². The Kier molecular flexibility index (Phi) is 7.38. The lowest BCUT2D eigenvalue weighted by atomic mass is 9.94. The van der Waals surface area contributed by atoms with Crippen molar-refractivity contribution in [2.24, 2.45) is 5.73 Å². The first-order valence-corrected chi connectivity index (χ1v) is 13.9. The summed E-state index contributed by atoms with van der Waals surface area (Å²) in [5.41, 5.74) is 15.5. The van der Waals surface area contributed by atoms with Gasteiger partial charge in [0.1, 0.15) is 10.9 Å². The molecule has 39 heavy (non-hydrogen) atoms. The molecule has 2 aromatic heterocycles. The SMILES string of the molecule is Cc1ccc(N(C(=O)c2snc(C(N)=O)c2N)[C@@H](C(=O)NC2CCCCC2)c2c[nH]c3ccccc23)cc1C. The molecule has 1 saturated carbocycles. The van der Waals surface area contributed by atoms with Gasteiger partial charge in [-0.3, -0.25) is 19.3 Å². The minimum absolute atomic E-state index is 0.0330. The maximum absolute atomic E-state index is 14.3. The average molecular weight is 545 g/mol. The number of H-pyrrole nitrogens is 1. The van der Waals surface area contributed by atoms with Crippen molar-refractivity contribution in [2.45, 2.75) is 58.0 Å².